The monoisotopic (exact) mass is 2710 g/mol. The summed E-state index contributed by atoms with van der Waals surface area (Å²) in [4.78, 5) is 144. The Morgan fingerprint density at radius 1 is 0.270 bits per heavy atom. The van der Waals surface area contributed by atoms with Crippen LogP contribution < -0.4 is 67.5 Å². The van der Waals surface area contributed by atoms with Crippen LogP contribution in [0, 0.1) is 95.4 Å². The Labute approximate surface area is 770 Å². The molecule has 0 N–H and O–H groups in total. The molecule has 0 aliphatic carbocycles. The van der Waals surface area contributed by atoms with E-state index in [1.807, 2.05) is 13.8 Å². The molecule has 0 saturated heterocycles. The Balaban J connectivity index is 0.000000683. The van der Waals surface area contributed by atoms with Gasteiger partial charge in [0.05, 0.1) is 0 Å². The van der Waals surface area contributed by atoms with Crippen LogP contribution in [0.5, 0.6) is 0 Å². The number of aryl methyl sites for hydroxylation is 6. The van der Waals surface area contributed by atoms with Crippen molar-refractivity contribution in [2.24, 2.45) is 14.1 Å². The zero-order valence-corrected chi connectivity index (χ0v) is 84.7. The fourth-order valence-electron chi connectivity index (χ4n) is 10.6. The minimum atomic E-state index is -0.748. The molecule has 6 aromatic carbocycles. The summed E-state index contributed by atoms with van der Waals surface area (Å²) in [5.74, 6) is -2.23. The number of aromatic nitrogens is 12. The molecule has 24 nitrogen and oxygen atoms in total. The molecule has 0 spiro atoms. The maximum Gasteiger partial charge on any atom is 0.324 e. The van der Waals surface area contributed by atoms with Gasteiger partial charge in [-0.3, -0.25) is 74.4 Å². The van der Waals surface area contributed by atoms with Crippen molar-refractivity contribution >= 4 is 69.6 Å². The molecule has 0 aliphatic rings. The fourth-order valence-corrected chi connectivity index (χ4v) is 11.4. The minimum Gasteiger partial charge on any atom is -0.301 e. The van der Waals surface area contributed by atoms with E-state index in [1.165, 1.54) is 107 Å². The maximum absolute atomic E-state index is 13.8. The summed E-state index contributed by atoms with van der Waals surface area (Å²) in [7, 11) is 3.12. The predicted octanol–water partition coefficient (Wildman–Crippen LogP) is 10.1. The molecule has 6 aromatic heterocycles. The first-order valence-electron chi connectivity index (χ1n) is 32.5. The van der Waals surface area contributed by atoms with Gasteiger partial charge >= 0.3 is 34.1 Å². The van der Waals surface area contributed by atoms with Crippen molar-refractivity contribution < 1.29 is 140 Å². The van der Waals surface area contributed by atoms with Crippen LogP contribution in [-0.2, 0) is 167 Å². The van der Waals surface area contributed by atoms with Crippen molar-refractivity contribution in [3.8, 4) is 34.1 Å². The molecule has 0 amide bonds. The summed E-state index contributed by atoms with van der Waals surface area (Å²) >= 11 is 34.0. The van der Waals surface area contributed by atoms with E-state index in [1.54, 1.807) is 98.8 Å². The van der Waals surface area contributed by atoms with Crippen LogP contribution in [0.1, 0.15) is 61.9 Å². The van der Waals surface area contributed by atoms with Gasteiger partial charge in [0.2, 0.25) is 33.4 Å². The van der Waals surface area contributed by atoms with Crippen LogP contribution >= 0.6 is 69.6 Å². The summed E-state index contributed by atoms with van der Waals surface area (Å²) in [6.45, 7) is 19.2. The molecule has 0 radical (unpaired) electrons. The third kappa shape index (κ3) is 25.8. The van der Waals surface area contributed by atoms with E-state index >= 15 is 0 Å². The average Bonchev–Trinajstić information content (AvgIpc) is 0.809. The Kier molecular flexibility index (Phi) is 43.9. The van der Waals surface area contributed by atoms with E-state index in [-0.39, 0.29) is 192 Å². The molecular formula is C76H65Cl6F3N12O12W6-6. The number of hydrogen-bond donors (Lipinski definition) is 0. The number of rotatable bonds is 10. The van der Waals surface area contributed by atoms with E-state index in [0.29, 0.717) is 92.5 Å². The van der Waals surface area contributed by atoms with Crippen LogP contribution in [0.15, 0.2) is 185 Å². The molecular weight excluding hydrogens is 2650 g/mol. The van der Waals surface area contributed by atoms with Crippen molar-refractivity contribution in [3.63, 3.8) is 0 Å². The van der Waals surface area contributed by atoms with Crippen LogP contribution in [0.25, 0.3) is 34.1 Å². The molecule has 0 atom stereocenters. The molecule has 12 aromatic rings. The van der Waals surface area contributed by atoms with Gasteiger partial charge < -0.3 is 9.13 Å². The standard InChI is InChI=1S/2C13H11ClFN2O2.2C13H12ClN2O2.C12H9ClFN2O2.C12H10ClN2O2.6W/c2*1-3-16-8(2)6-12(18)17(13(16)19)11-5-4-9(14)7-10(11)15;2*1-3-15-9(2)8-12(17)16(13(15)18)11-6-4-10(14)5-7-11;1-7-5-11(17)16(12(18)15(7)2)10-4-3-8(13)6-9(10)14;1-8-7-11(16)15(12(17)14(8)2)10-5-3-9(13)4-6-10;;;;;;/h2*5-7H,3H2,1-2H3;2*4,6-8H,3H2,1-2H3;4-6H,1-2H3;3,5-7H,1-2H3;;;;;;/q6*-1;;;;;;. The van der Waals surface area contributed by atoms with E-state index < -0.39 is 51.2 Å². The molecule has 0 bridgehead atoms. The van der Waals surface area contributed by atoms with Crippen molar-refractivity contribution in [2.45, 2.75) is 95.4 Å². The van der Waals surface area contributed by atoms with E-state index in [4.69, 9.17) is 69.6 Å². The second-order valence-electron chi connectivity index (χ2n) is 23.3. The van der Waals surface area contributed by atoms with E-state index in [2.05, 4.69) is 36.4 Å². The number of halogens is 9. The number of hydrogen-bond acceptors (Lipinski definition) is 12. The van der Waals surface area contributed by atoms with Gasteiger partial charge in [-0.1, -0.05) is 47.2 Å². The predicted molar refractivity (Wildman–Crippen MR) is 414 cm³/mol. The summed E-state index contributed by atoms with van der Waals surface area (Å²) < 4.78 is 55.5. The molecule has 39 heteroatoms. The third-order valence-electron chi connectivity index (χ3n) is 16.3. The van der Waals surface area contributed by atoms with Gasteiger partial charge in [-0.2, -0.15) is 72.8 Å². The van der Waals surface area contributed by atoms with Gasteiger partial charge in [-0.15, -0.1) is 124 Å². The van der Waals surface area contributed by atoms with Crippen LogP contribution in [-0.4, -0.2) is 54.8 Å². The zero-order chi connectivity index (χ0) is 80.9. The molecule has 6 heterocycles. The minimum absolute atomic E-state index is 0. The van der Waals surface area contributed by atoms with Crippen molar-refractivity contribution in [2.75, 3.05) is 0 Å². The molecule has 0 fully saturated rings. The van der Waals surface area contributed by atoms with Gasteiger partial charge in [-0.05, 0) is 86.3 Å². The van der Waals surface area contributed by atoms with Gasteiger partial charge in [0.25, 0.3) is 0 Å². The third-order valence-corrected chi connectivity index (χ3v) is 17.7. The molecule has 0 aliphatic heterocycles. The Hall–Kier alpha value is -6.94. The largest absolute Gasteiger partial charge is 0.324 e. The normalized spacial score (nSPS) is 10.1. The van der Waals surface area contributed by atoms with Crippen molar-refractivity contribution in [3.05, 3.63) is 371 Å². The van der Waals surface area contributed by atoms with E-state index in [9.17, 15) is 70.7 Å². The fraction of sp³-hybridized carbons (Fsp3) is 0.211. The van der Waals surface area contributed by atoms with Crippen LogP contribution in [0.2, 0.25) is 30.1 Å². The smallest absolute Gasteiger partial charge is 0.301 e. The van der Waals surface area contributed by atoms with Crippen LogP contribution in [0.3, 0.4) is 0 Å². The molecule has 0 saturated carbocycles. The zero-order valence-electron chi connectivity index (χ0n) is 62.6. The first-order valence-corrected chi connectivity index (χ1v) is 34.8. The van der Waals surface area contributed by atoms with Crippen molar-refractivity contribution in [1.82, 2.24) is 54.8 Å². The maximum atomic E-state index is 13.8. The SMILES string of the molecule is CCn1c(C)cc(=O)n(-c2c[c-]c(Cl)cc2)c1=O.CCn1c(C)cc(=O)n(-c2c[c-]c(Cl)cc2)c1=O.CCn1c(C)cc(=O)n(-c2c[c-]c(Cl)cc2F)c1=O.CCn1c(C)cc(=O)n(-c2c[c-]c(Cl)cc2F)c1=O.Cc1cc(=O)n(-c2c[c-]c(Cl)cc2)c(=O)n1C.Cc1cc(=O)n(-c2c[c-]c(Cl)cc2F)c(=O)n1C.[W].[W].[W].[W].[W].[W]. The summed E-state index contributed by atoms with van der Waals surface area (Å²) in [5.41, 5.74) is -1.25. The molecule has 0 unspecified atom stereocenters. The topological polar surface area (TPSA) is 264 Å². The Morgan fingerprint density at radius 3 is 0.678 bits per heavy atom. The second kappa shape index (κ2) is 47.6. The van der Waals surface area contributed by atoms with Gasteiger partial charge in [0, 0.05) is 255 Å². The molecule has 12 rings (SSSR count). The summed E-state index contributed by atoms with van der Waals surface area (Å²) in [6, 6.07) is 44.9. The molecule has 606 valence electrons. The summed E-state index contributed by atoms with van der Waals surface area (Å²) in [5, 5.41) is 1.55. The number of benzene rings is 6. The van der Waals surface area contributed by atoms with Crippen LogP contribution in [0.4, 0.5) is 13.2 Å². The quantitative estimate of drug-likeness (QED) is 0.116. The average molecular weight is 2710 g/mol. The van der Waals surface area contributed by atoms with Gasteiger partial charge in [0.15, 0.2) is 0 Å². The Morgan fingerprint density at radius 2 is 0.461 bits per heavy atom. The van der Waals surface area contributed by atoms with E-state index in [0.717, 1.165) is 45.6 Å². The first-order chi connectivity index (χ1) is 51.4. The first kappa shape index (κ1) is 106. The number of nitrogens with zero attached hydrogens (tertiary/aromatic N) is 12. The van der Waals surface area contributed by atoms with Gasteiger partial charge in [-0.25, -0.2) is 41.9 Å². The summed E-state index contributed by atoms with van der Waals surface area (Å²) in [6.07, 6.45) is 0. The molecule has 115 heavy (non-hydrogen) atoms. The van der Waals surface area contributed by atoms with Gasteiger partial charge in [0.1, 0.15) is 0 Å². The van der Waals surface area contributed by atoms with Crippen molar-refractivity contribution in [1.29, 1.82) is 0 Å². The Bertz CT molecular complexity index is 6000. The second-order valence-corrected chi connectivity index (χ2v) is 25.7.